The van der Waals surface area contributed by atoms with E-state index in [-0.39, 0.29) is 17.9 Å². The Morgan fingerprint density at radius 2 is 1.91 bits per heavy atom. The van der Waals surface area contributed by atoms with Crippen LogP contribution in [0.5, 0.6) is 0 Å². The molecule has 0 saturated carbocycles. The van der Waals surface area contributed by atoms with Crippen LogP contribution in [0.2, 0.25) is 0 Å². The molecule has 2 saturated heterocycles. The molecule has 0 bridgehead atoms. The van der Waals surface area contributed by atoms with Crippen LogP contribution in [0.1, 0.15) is 52.4 Å². The molecule has 0 unspecified atom stereocenters. The van der Waals surface area contributed by atoms with Gasteiger partial charge < -0.3 is 14.5 Å². The van der Waals surface area contributed by atoms with Gasteiger partial charge in [0.1, 0.15) is 6.04 Å². The van der Waals surface area contributed by atoms with Crippen LogP contribution in [0.15, 0.2) is 0 Å². The minimum atomic E-state index is -0.262. The zero-order valence-corrected chi connectivity index (χ0v) is 14.9. The summed E-state index contributed by atoms with van der Waals surface area (Å²) in [6.45, 7) is 7.36. The van der Waals surface area contributed by atoms with E-state index in [0.29, 0.717) is 18.3 Å². The van der Waals surface area contributed by atoms with Gasteiger partial charge in [-0.05, 0) is 43.9 Å². The normalized spacial score (nSPS) is 21.8. The lowest BCUT2D eigenvalue weighted by molar-refractivity contribution is -0.149. The van der Waals surface area contributed by atoms with Gasteiger partial charge in [-0.2, -0.15) is 0 Å². The molecule has 5 heteroatoms. The topological polar surface area (TPSA) is 49.9 Å². The highest BCUT2D eigenvalue weighted by Gasteiger charge is 2.35. The average molecular weight is 324 g/mol. The molecule has 2 aliphatic rings. The number of carbonyl (C=O) groups is 2. The third-order valence-electron chi connectivity index (χ3n) is 5.04. The second-order valence-electron chi connectivity index (χ2n) is 7.41. The second-order valence-corrected chi connectivity index (χ2v) is 7.41. The Morgan fingerprint density at radius 3 is 2.48 bits per heavy atom. The molecular formula is C18H32N2O3. The van der Waals surface area contributed by atoms with Gasteiger partial charge in [-0.25, -0.2) is 0 Å². The maximum Gasteiger partial charge on any atom is 0.245 e. The summed E-state index contributed by atoms with van der Waals surface area (Å²) in [5.41, 5.74) is 0. The van der Waals surface area contributed by atoms with Crippen LogP contribution in [-0.4, -0.2) is 61.0 Å². The van der Waals surface area contributed by atoms with E-state index >= 15 is 0 Å². The zero-order valence-electron chi connectivity index (χ0n) is 14.9. The van der Waals surface area contributed by atoms with Crippen LogP contribution in [0.4, 0.5) is 0 Å². The summed E-state index contributed by atoms with van der Waals surface area (Å²) in [7, 11) is 1.73. The Kier molecular flexibility index (Phi) is 6.88. The number of rotatable bonds is 6. The van der Waals surface area contributed by atoms with E-state index in [9.17, 15) is 9.59 Å². The SMILES string of the molecule is COCC1CCN(C(=O)[C@H](CC(C)C)N2CCCCC2=O)CC1. The first-order chi connectivity index (χ1) is 11.0. The van der Waals surface area contributed by atoms with Gasteiger partial charge in [0.2, 0.25) is 11.8 Å². The van der Waals surface area contributed by atoms with E-state index in [4.69, 9.17) is 4.74 Å². The van der Waals surface area contributed by atoms with Crippen molar-refractivity contribution in [3.05, 3.63) is 0 Å². The number of piperidine rings is 2. The first kappa shape index (κ1) is 18.2. The van der Waals surface area contributed by atoms with Gasteiger partial charge >= 0.3 is 0 Å². The smallest absolute Gasteiger partial charge is 0.245 e. The largest absolute Gasteiger partial charge is 0.384 e. The summed E-state index contributed by atoms with van der Waals surface area (Å²) in [5, 5.41) is 0. The van der Waals surface area contributed by atoms with E-state index < -0.39 is 0 Å². The first-order valence-corrected chi connectivity index (χ1v) is 9.10. The first-order valence-electron chi connectivity index (χ1n) is 9.10. The van der Waals surface area contributed by atoms with Crippen molar-refractivity contribution in [3.8, 4) is 0 Å². The van der Waals surface area contributed by atoms with Crippen LogP contribution in [0, 0.1) is 11.8 Å². The highest BCUT2D eigenvalue weighted by molar-refractivity contribution is 5.88. The van der Waals surface area contributed by atoms with E-state index in [2.05, 4.69) is 13.8 Å². The van der Waals surface area contributed by atoms with Crippen LogP contribution < -0.4 is 0 Å². The number of likely N-dealkylation sites (tertiary alicyclic amines) is 2. The molecule has 2 amide bonds. The van der Waals surface area contributed by atoms with Crippen LogP contribution in [-0.2, 0) is 14.3 Å². The molecular weight excluding hydrogens is 292 g/mol. The van der Waals surface area contributed by atoms with Crippen LogP contribution in [0.25, 0.3) is 0 Å². The minimum absolute atomic E-state index is 0.157. The maximum atomic E-state index is 13.0. The molecule has 5 nitrogen and oxygen atoms in total. The number of methoxy groups -OCH3 is 1. The van der Waals surface area contributed by atoms with Crippen LogP contribution >= 0.6 is 0 Å². The molecule has 0 aliphatic carbocycles. The van der Waals surface area contributed by atoms with Crippen molar-refractivity contribution in [1.29, 1.82) is 0 Å². The fourth-order valence-electron chi connectivity index (χ4n) is 3.73. The number of hydrogen-bond acceptors (Lipinski definition) is 3. The number of carbonyl (C=O) groups excluding carboxylic acids is 2. The molecule has 2 rings (SSSR count). The highest BCUT2D eigenvalue weighted by atomic mass is 16.5. The lowest BCUT2D eigenvalue weighted by atomic mass is 9.94. The Bertz CT molecular complexity index is 403. The monoisotopic (exact) mass is 324 g/mol. The van der Waals surface area contributed by atoms with Crippen molar-refractivity contribution in [2.24, 2.45) is 11.8 Å². The number of nitrogens with zero attached hydrogens (tertiary/aromatic N) is 2. The van der Waals surface area contributed by atoms with Crippen molar-refractivity contribution in [1.82, 2.24) is 9.80 Å². The standard InChI is InChI=1S/C18H32N2O3/c1-14(2)12-16(20-9-5-4-6-17(20)21)18(22)19-10-7-15(8-11-19)13-23-3/h14-16H,4-13H2,1-3H3/t16-/m0/s1. The molecule has 0 aromatic heterocycles. The van der Waals surface area contributed by atoms with E-state index in [1.54, 1.807) is 7.11 Å². The van der Waals surface area contributed by atoms with Crippen molar-refractivity contribution >= 4 is 11.8 Å². The summed E-state index contributed by atoms with van der Waals surface area (Å²) < 4.78 is 5.23. The lowest BCUT2D eigenvalue weighted by Gasteiger charge is -2.39. The summed E-state index contributed by atoms with van der Waals surface area (Å²) >= 11 is 0. The fourth-order valence-corrected chi connectivity index (χ4v) is 3.73. The van der Waals surface area contributed by atoms with Gasteiger partial charge in [0, 0.05) is 39.8 Å². The third-order valence-corrected chi connectivity index (χ3v) is 5.04. The van der Waals surface area contributed by atoms with Gasteiger partial charge in [0.15, 0.2) is 0 Å². The molecule has 2 heterocycles. The molecule has 0 spiro atoms. The predicted molar refractivity (Wildman–Crippen MR) is 90.0 cm³/mol. The highest BCUT2D eigenvalue weighted by Crippen LogP contribution is 2.23. The van der Waals surface area contributed by atoms with Gasteiger partial charge in [-0.3, -0.25) is 9.59 Å². The molecule has 23 heavy (non-hydrogen) atoms. The van der Waals surface area contributed by atoms with Crippen molar-refractivity contribution in [2.75, 3.05) is 33.4 Å². The molecule has 0 aromatic carbocycles. The van der Waals surface area contributed by atoms with Crippen molar-refractivity contribution in [2.45, 2.75) is 58.4 Å². The molecule has 2 fully saturated rings. The molecule has 0 radical (unpaired) electrons. The van der Waals surface area contributed by atoms with E-state index in [1.165, 1.54) is 0 Å². The summed E-state index contributed by atoms with van der Waals surface area (Å²) in [4.78, 5) is 29.2. The zero-order chi connectivity index (χ0) is 16.8. The Balaban J connectivity index is 2.00. The van der Waals surface area contributed by atoms with Gasteiger partial charge in [0.25, 0.3) is 0 Å². The molecule has 2 aliphatic heterocycles. The molecule has 1 atom stereocenters. The Hall–Kier alpha value is -1.10. The van der Waals surface area contributed by atoms with Crippen molar-refractivity contribution in [3.63, 3.8) is 0 Å². The number of amides is 2. The lowest BCUT2D eigenvalue weighted by Crippen LogP contribution is -2.54. The predicted octanol–water partition coefficient (Wildman–Crippen LogP) is 2.30. The fraction of sp³-hybridized carbons (Fsp3) is 0.889. The second kappa shape index (κ2) is 8.67. The number of ether oxygens (including phenoxy) is 1. The van der Waals surface area contributed by atoms with E-state index in [1.807, 2.05) is 9.80 Å². The Labute approximate surface area is 140 Å². The third kappa shape index (κ3) is 4.93. The van der Waals surface area contributed by atoms with Crippen molar-refractivity contribution < 1.29 is 14.3 Å². The maximum absolute atomic E-state index is 13.0. The Morgan fingerprint density at radius 1 is 1.22 bits per heavy atom. The van der Waals surface area contributed by atoms with Gasteiger partial charge in [-0.15, -0.1) is 0 Å². The van der Waals surface area contributed by atoms with Crippen LogP contribution in [0.3, 0.4) is 0 Å². The summed E-state index contributed by atoms with van der Waals surface area (Å²) in [5.74, 6) is 1.28. The average Bonchev–Trinajstić information content (AvgIpc) is 2.54. The quantitative estimate of drug-likeness (QED) is 0.753. The molecule has 0 N–H and O–H groups in total. The van der Waals surface area contributed by atoms with E-state index in [0.717, 1.165) is 58.3 Å². The molecule has 132 valence electrons. The summed E-state index contributed by atoms with van der Waals surface area (Å²) in [6, 6.07) is -0.262. The summed E-state index contributed by atoms with van der Waals surface area (Å²) in [6.07, 6.45) is 5.34. The van der Waals surface area contributed by atoms with Gasteiger partial charge in [-0.1, -0.05) is 13.8 Å². The minimum Gasteiger partial charge on any atom is -0.384 e. The molecule has 0 aromatic rings. The van der Waals surface area contributed by atoms with Gasteiger partial charge in [0.05, 0.1) is 0 Å². The number of hydrogen-bond donors (Lipinski definition) is 0.